The second-order valence-electron chi connectivity index (χ2n) is 7.56. The van der Waals surface area contributed by atoms with E-state index in [1.165, 1.54) is 12.1 Å². The maximum absolute atomic E-state index is 13.6. The van der Waals surface area contributed by atoms with Gasteiger partial charge in [0.15, 0.2) is 15.1 Å². The maximum Gasteiger partial charge on any atom is 0.241 e. The number of rotatable bonds is 9. The van der Waals surface area contributed by atoms with Crippen LogP contribution in [-0.2, 0) is 25.8 Å². The van der Waals surface area contributed by atoms with E-state index in [4.69, 9.17) is 0 Å². The van der Waals surface area contributed by atoms with Crippen molar-refractivity contribution < 1.29 is 26.8 Å². The maximum atomic E-state index is 13.6. The molecular formula is C22H25F2N3O4S2. The van der Waals surface area contributed by atoms with Crippen molar-refractivity contribution in [3.05, 3.63) is 59.7 Å². The molecule has 0 saturated carbocycles. The Morgan fingerprint density at radius 1 is 1.18 bits per heavy atom. The molecule has 1 fully saturated rings. The van der Waals surface area contributed by atoms with Gasteiger partial charge in [-0.3, -0.25) is 14.9 Å². The monoisotopic (exact) mass is 497 g/mol. The van der Waals surface area contributed by atoms with Gasteiger partial charge in [-0.1, -0.05) is 25.5 Å². The minimum absolute atomic E-state index is 0.0801. The van der Waals surface area contributed by atoms with E-state index in [-0.39, 0.29) is 22.9 Å². The average molecular weight is 498 g/mol. The van der Waals surface area contributed by atoms with Gasteiger partial charge in [0.25, 0.3) is 0 Å². The molecule has 3 N–H and O–H groups in total. The molecule has 7 nitrogen and oxygen atoms in total. The number of halogens is 2. The van der Waals surface area contributed by atoms with E-state index in [2.05, 4.69) is 22.9 Å². The molecule has 1 heterocycles. The molecule has 2 atom stereocenters. The minimum atomic E-state index is -3.89. The van der Waals surface area contributed by atoms with Crippen LogP contribution in [0.4, 0.5) is 14.5 Å². The van der Waals surface area contributed by atoms with Gasteiger partial charge >= 0.3 is 0 Å². The lowest BCUT2D eigenvalue weighted by molar-refractivity contribution is -0.122. The van der Waals surface area contributed by atoms with Gasteiger partial charge < -0.3 is 10.6 Å². The Morgan fingerprint density at radius 2 is 1.91 bits per heavy atom. The number of sulfone groups is 1. The van der Waals surface area contributed by atoms with Crippen molar-refractivity contribution in [3.63, 3.8) is 0 Å². The molecule has 0 spiro atoms. The van der Waals surface area contributed by atoms with Crippen LogP contribution in [0.1, 0.15) is 25.3 Å². The molecule has 1 saturated heterocycles. The molecule has 1 aliphatic rings. The molecule has 2 amide bonds. The molecular weight excluding hydrogens is 472 g/mol. The SMILES string of the molecule is CCCCc1ccc(S(=O)(=O)C2CNC(SCC(=O)Nc3ccc(F)cc3F)NC2=O)cc1. The summed E-state index contributed by atoms with van der Waals surface area (Å²) < 4.78 is 52.4. The summed E-state index contributed by atoms with van der Waals surface area (Å²) in [5.74, 6) is -3.02. The molecule has 2 aromatic carbocycles. The number of benzene rings is 2. The molecule has 0 aliphatic carbocycles. The molecule has 2 unspecified atom stereocenters. The average Bonchev–Trinajstić information content (AvgIpc) is 2.78. The fourth-order valence-corrected chi connectivity index (χ4v) is 5.57. The van der Waals surface area contributed by atoms with Crippen molar-refractivity contribution in [1.29, 1.82) is 0 Å². The zero-order valence-electron chi connectivity index (χ0n) is 17.9. The first-order valence-corrected chi connectivity index (χ1v) is 13.0. The number of aryl methyl sites for hydroxylation is 1. The van der Waals surface area contributed by atoms with Crippen LogP contribution in [0.5, 0.6) is 0 Å². The van der Waals surface area contributed by atoms with E-state index >= 15 is 0 Å². The minimum Gasteiger partial charge on any atom is -0.331 e. The van der Waals surface area contributed by atoms with Gasteiger partial charge in [-0.15, -0.1) is 11.8 Å². The Bertz CT molecular complexity index is 1110. The molecule has 0 bridgehead atoms. The normalized spacial score (nSPS) is 18.6. The topological polar surface area (TPSA) is 104 Å². The Balaban J connectivity index is 1.53. The molecule has 178 valence electrons. The van der Waals surface area contributed by atoms with E-state index < -0.39 is 44.0 Å². The van der Waals surface area contributed by atoms with Crippen molar-refractivity contribution in [2.45, 2.75) is 41.8 Å². The van der Waals surface area contributed by atoms with Crippen molar-refractivity contribution in [2.75, 3.05) is 17.6 Å². The summed E-state index contributed by atoms with van der Waals surface area (Å²) in [6.07, 6.45) is 2.91. The number of amides is 2. The van der Waals surface area contributed by atoms with Crippen molar-refractivity contribution in [2.24, 2.45) is 0 Å². The lowest BCUT2D eigenvalue weighted by Crippen LogP contribution is -2.59. The van der Waals surface area contributed by atoms with Crippen LogP contribution < -0.4 is 16.0 Å². The van der Waals surface area contributed by atoms with Gasteiger partial charge in [-0.05, 0) is 42.7 Å². The molecule has 2 aromatic rings. The Morgan fingerprint density at radius 3 is 2.55 bits per heavy atom. The van der Waals surface area contributed by atoms with E-state index in [0.29, 0.717) is 6.07 Å². The number of thioether (sulfide) groups is 1. The van der Waals surface area contributed by atoms with Crippen LogP contribution in [0.25, 0.3) is 0 Å². The van der Waals surface area contributed by atoms with Gasteiger partial charge in [0.2, 0.25) is 11.8 Å². The predicted octanol–water partition coefficient (Wildman–Crippen LogP) is 2.82. The summed E-state index contributed by atoms with van der Waals surface area (Å²) in [7, 11) is -3.89. The first kappa shape index (κ1) is 25.1. The van der Waals surface area contributed by atoms with Crippen LogP contribution in [0.2, 0.25) is 0 Å². The predicted molar refractivity (Wildman–Crippen MR) is 123 cm³/mol. The number of carbonyl (C=O) groups excluding carboxylic acids is 2. The number of nitrogens with one attached hydrogen (secondary N) is 3. The zero-order chi connectivity index (χ0) is 24.0. The smallest absolute Gasteiger partial charge is 0.241 e. The third kappa shape index (κ3) is 6.52. The van der Waals surface area contributed by atoms with E-state index in [0.717, 1.165) is 48.7 Å². The summed E-state index contributed by atoms with van der Waals surface area (Å²) in [6, 6.07) is 9.36. The van der Waals surface area contributed by atoms with Crippen LogP contribution in [0.3, 0.4) is 0 Å². The number of hydrogen-bond acceptors (Lipinski definition) is 6. The lowest BCUT2D eigenvalue weighted by Gasteiger charge is -2.29. The number of carbonyl (C=O) groups is 2. The highest BCUT2D eigenvalue weighted by Crippen LogP contribution is 2.21. The first-order chi connectivity index (χ1) is 15.7. The quantitative estimate of drug-likeness (QED) is 0.492. The number of hydrogen-bond donors (Lipinski definition) is 3. The van der Waals surface area contributed by atoms with Gasteiger partial charge in [0, 0.05) is 12.6 Å². The summed E-state index contributed by atoms with van der Waals surface area (Å²) in [5, 5.41) is 6.48. The number of anilines is 1. The molecule has 11 heteroatoms. The van der Waals surface area contributed by atoms with E-state index in [1.54, 1.807) is 12.1 Å². The molecule has 0 radical (unpaired) electrons. The highest BCUT2D eigenvalue weighted by Gasteiger charge is 2.38. The summed E-state index contributed by atoms with van der Waals surface area (Å²) in [5.41, 5.74) is 0.191. The van der Waals surface area contributed by atoms with Gasteiger partial charge in [0.1, 0.15) is 17.1 Å². The van der Waals surface area contributed by atoms with Crippen LogP contribution in [0, 0.1) is 11.6 Å². The molecule has 3 rings (SSSR count). The molecule has 0 aromatic heterocycles. The van der Waals surface area contributed by atoms with Crippen molar-refractivity contribution in [1.82, 2.24) is 10.6 Å². The van der Waals surface area contributed by atoms with Crippen LogP contribution in [0.15, 0.2) is 47.4 Å². The highest BCUT2D eigenvalue weighted by molar-refractivity contribution is 8.00. The van der Waals surface area contributed by atoms with Crippen LogP contribution >= 0.6 is 11.8 Å². The second-order valence-corrected chi connectivity index (χ2v) is 10.8. The lowest BCUT2D eigenvalue weighted by atomic mass is 10.1. The summed E-state index contributed by atoms with van der Waals surface area (Å²) in [4.78, 5) is 24.6. The summed E-state index contributed by atoms with van der Waals surface area (Å²) >= 11 is 1.01. The molecule has 33 heavy (non-hydrogen) atoms. The first-order valence-electron chi connectivity index (χ1n) is 10.4. The standard InChI is InChI=1S/C22H25F2N3O4S2/c1-2-3-4-14-5-8-16(9-6-14)33(30,31)19-12-25-22(27-21(19)29)32-13-20(28)26-18-10-7-15(23)11-17(18)24/h5-11,19,22,25H,2-4,12-13H2,1H3,(H,26,28)(H,27,29). The fourth-order valence-electron chi connectivity index (χ4n) is 3.26. The Labute approximate surface area is 195 Å². The fraction of sp³-hybridized carbons (Fsp3) is 0.364. The van der Waals surface area contributed by atoms with E-state index in [1.807, 2.05) is 0 Å². The largest absolute Gasteiger partial charge is 0.331 e. The van der Waals surface area contributed by atoms with Crippen LogP contribution in [-0.4, -0.2) is 43.3 Å². The molecule has 1 aliphatic heterocycles. The van der Waals surface area contributed by atoms with Gasteiger partial charge in [-0.2, -0.15) is 0 Å². The van der Waals surface area contributed by atoms with Crippen molar-refractivity contribution >= 4 is 39.1 Å². The zero-order valence-corrected chi connectivity index (χ0v) is 19.6. The third-order valence-electron chi connectivity index (χ3n) is 5.09. The summed E-state index contributed by atoms with van der Waals surface area (Å²) in [6.45, 7) is 1.97. The Kier molecular flexibility index (Phi) is 8.44. The van der Waals surface area contributed by atoms with Gasteiger partial charge in [-0.25, -0.2) is 17.2 Å². The highest BCUT2D eigenvalue weighted by atomic mass is 32.2. The Hall–Kier alpha value is -2.50. The van der Waals surface area contributed by atoms with Gasteiger partial charge in [0.05, 0.1) is 16.3 Å². The second kappa shape index (κ2) is 11.1. The third-order valence-corrected chi connectivity index (χ3v) is 8.19. The number of unbranched alkanes of at least 4 members (excludes halogenated alkanes) is 1. The van der Waals surface area contributed by atoms with E-state index in [9.17, 15) is 26.8 Å². The van der Waals surface area contributed by atoms with Crippen molar-refractivity contribution in [3.8, 4) is 0 Å².